The molecule has 5 nitrogen and oxygen atoms in total. The predicted molar refractivity (Wildman–Crippen MR) is 101 cm³/mol. The lowest BCUT2D eigenvalue weighted by molar-refractivity contribution is -0.138. The summed E-state index contributed by atoms with van der Waals surface area (Å²) in [5.41, 5.74) is 0.669. The quantitative estimate of drug-likeness (QED) is 0.676. The van der Waals surface area contributed by atoms with Crippen molar-refractivity contribution in [2.45, 2.75) is 17.4 Å². The van der Waals surface area contributed by atoms with Gasteiger partial charge in [-0.2, -0.15) is 4.72 Å². The van der Waals surface area contributed by atoms with Crippen molar-refractivity contribution in [3.05, 3.63) is 77.3 Å². The molecule has 3 rings (SSSR count). The van der Waals surface area contributed by atoms with Crippen LogP contribution in [0.2, 0.25) is 5.02 Å². The van der Waals surface area contributed by atoms with E-state index in [-0.39, 0.29) is 11.3 Å². The maximum absolute atomic E-state index is 12.6. The van der Waals surface area contributed by atoms with E-state index < -0.39 is 22.0 Å². The highest BCUT2D eigenvalue weighted by atomic mass is 35.5. The summed E-state index contributed by atoms with van der Waals surface area (Å²) >= 11 is 5.82. The van der Waals surface area contributed by atoms with Gasteiger partial charge in [-0.15, -0.1) is 0 Å². The lowest BCUT2D eigenvalue weighted by Crippen LogP contribution is -2.42. The topological polar surface area (TPSA) is 83.5 Å². The lowest BCUT2D eigenvalue weighted by Gasteiger charge is -2.15. The molecular weight excluding hydrogens is 374 g/mol. The maximum atomic E-state index is 12.6. The Hall–Kier alpha value is -2.41. The Labute approximate surface area is 156 Å². The Morgan fingerprint density at radius 3 is 2.31 bits per heavy atom. The number of benzene rings is 3. The zero-order chi connectivity index (χ0) is 18.7. The standard InChI is InChI=1S/C19H16ClNO4S/c20-16-8-5-13(6-9-16)11-18(19(22)23)21-26(24,25)17-10-7-14-3-1-2-4-15(14)12-17/h1-10,12,18,21H,11H2,(H,22,23)/t18-/m1/s1. The number of hydrogen-bond acceptors (Lipinski definition) is 3. The summed E-state index contributed by atoms with van der Waals surface area (Å²) in [7, 11) is -3.98. The molecule has 26 heavy (non-hydrogen) atoms. The molecule has 0 heterocycles. The minimum atomic E-state index is -3.98. The minimum absolute atomic E-state index is 0.0132. The molecule has 3 aromatic rings. The third-order valence-corrected chi connectivity index (χ3v) is 5.70. The van der Waals surface area contributed by atoms with E-state index in [1.165, 1.54) is 12.1 Å². The van der Waals surface area contributed by atoms with Crippen molar-refractivity contribution in [2.75, 3.05) is 0 Å². The third kappa shape index (κ3) is 4.22. The van der Waals surface area contributed by atoms with E-state index in [2.05, 4.69) is 4.72 Å². The Morgan fingerprint density at radius 1 is 1.00 bits per heavy atom. The molecule has 0 amide bonds. The van der Waals surface area contributed by atoms with Gasteiger partial charge in [-0.3, -0.25) is 4.79 Å². The molecule has 7 heteroatoms. The molecule has 0 saturated heterocycles. The lowest BCUT2D eigenvalue weighted by atomic mass is 10.1. The number of carbonyl (C=O) groups is 1. The fraction of sp³-hybridized carbons (Fsp3) is 0.105. The number of fused-ring (bicyclic) bond motifs is 1. The zero-order valence-electron chi connectivity index (χ0n) is 13.6. The number of nitrogens with one attached hydrogen (secondary N) is 1. The molecule has 0 unspecified atom stereocenters. The first kappa shape index (κ1) is 18.4. The molecule has 0 fully saturated rings. The van der Waals surface area contributed by atoms with Crippen LogP contribution in [0.25, 0.3) is 10.8 Å². The average molecular weight is 390 g/mol. The van der Waals surface area contributed by atoms with Crippen molar-refractivity contribution < 1.29 is 18.3 Å². The van der Waals surface area contributed by atoms with Gasteiger partial charge in [-0.1, -0.05) is 54.1 Å². The highest BCUT2D eigenvalue weighted by Gasteiger charge is 2.25. The summed E-state index contributed by atoms with van der Waals surface area (Å²) in [6.45, 7) is 0. The van der Waals surface area contributed by atoms with Gasteiger partial charge in [0.05, 0.1) is 4.90 Å². The molecule has 0 saturated carbocycles. The number of rotatable bonds is 6. The Kier molecular flexibility index (Phi) is 5.27. The monoisotopic (exact) mass is 389 g/mol. The van der Waals surface area contributed by atoms with Crippen molar-refractivity contribution in [1.29, 1.82) is 0 Å². The molecule has 0 aliphatic rings. The van der Waals surface area contributed by atoms with Crippen molar-refractivity contribution in [2.24, 2.45) is 0 Å². The molecular formula is C19H16ClNO4S. The number of aliphatic carboxylic acids is 1. The van der Waals surface area contributed by atoms with Crippen LogP contribution in [0.5, 0.6) is 0 Å². The largest absolute Gasteiger partial charge is 0.480 e. The van der Waals surface area contributed by atoms with Crippen LogP contribution >= 0.6 is 11.6 Å². The van der Waals surface area contributed by atoms with Crippen LogP contribution in [0.3, 0.4) is 0 Å². The van der Waals surface area contributed by atoms with Crippen LogP contribution in [-0.4, -0.2) is 25.5 Å². The van der Waals surface area contributed by atoms with Crippen LogP contribution in [-0.2, 0) is 21.2 Å². The summed E-state index contributed by atoms with van der Waals surface area (Å²) in [6.07, 6.45) is 0.0132. The predicted octanol–water partition coefficient (Wildman–Crippen LogP) is 3.47. The molecule has 1 atom stereocenters. The summed E-state index contributed by atoms with van der Waals surface area (Å²) in [5, 5.41) is 11.6. The molecule has 0 aliphatic heterocycles. The van der Waals surface area contributed by atoms with E-state index in [0.717, 1.165) is 10.8 Å². The number of hydrogen-bond donors (Lipinski definition) is 2. The highest BCUT2D eigenvalue weighted by molar-refractivity contribution is 7.89. The number of carboxylic acid groups (broad SMARTS) is 1. The molecule has 0 spiro atoms. The van der Waals surface area contributed by atoms with Gasteiger partial charge in [0, 0.05) is 5.02 Å². The number of sulfonamides is 1. The first-order chi connectivity index (χ1) is 12.3. The Morgan fingerprint density at radius 2 is 1.65 bits per heavy atom. The van der Waals surface area contributed by atoms with Crippen LogP contribution in [0.4, 0.5) is 0 Å². The second-order valence-electron chi connectivity index (χ2n) is 5.85. The Bertz CT molecular complexity index is 1050. The smallest absolute Gasteiger partial charge is 0.322 e. The van der Waals surface area contributed by atoms with E-state index in [1.807, 2.05) is 18.2 Å². The first-order valence-electron chi connectivity index (χ1n) is 7.83. The van der Waals surface area contributed by atoms with E-state index in [0.29, 0.717) is 10.6 Å². The number of carboxylic acids is 1. The molecule has 2 N–H and O–H groups in total. The van der Waals surface area contributed by atoms with E-state index in [4.69, 9.17) is 11.6 Å². The van der Waals surface area contributed by atoms with E-state index >= 15 is 0 Å². The van der Waals surface area contributed by atoms with Gasteiger partial charge in [0.15, 0.2) is 0 Å². The van der Waals surface area contributed by atoms with E-state index in [9.17, 15) is 18.3 Å². The van der Waals surface area contributed by atoms with Crippen molar-refractivity contribution in [3.63, 3.8) is 0 Å². The van der Waals surface area contributed by atoms with Crippen molar-refractivity contribution in [3.8, 4) is 0 Å². The van der Waals surface area contributed by atoms with Gasteiger partial charge in [-0.25, -0.2) is 8.42 Å². The van der Waals surface area contributed by atoms with E-state index in [1.54, 1.807) is 36.4 Å². The number of halogens is 1. The molecule has 0 radical (unpaired) electrons. The fourth-order valence-corrected chi connectivity index (χ4v) is 3.98. The average Bonchev–Trinajstić information content (AvgIpc) is 2.62. The molecule has 0 aromatic heterocycles. The van der Waals surface area contributed by atoms with Gasteiger partial charge in [-0.05, 0) is 47.0 Å². The molecule has 0 aliphatic carbocycles. The van der Waals surface area contributed by atoms with Crippen molar-refractivity contribution >= 4 is 38.4 Å². The fourth-order valence-electron chi connectivity index (χ4n) is 2.63. The summed E-state index contributed by atoms with van der Waals surface area (Å²) in [4.78, 5) is 11.6. The summed E-state index contributed by atoms with van der Waals surface area (Å²) < 4.78 is 27.6. The Balaban J connectivity index is 1.86. The maximum Gasteiger partial charge on any atom is 0.322 e. The summed E-state index contributed by atoms with van der Waals surface area (Å²) in [5.74, 6) is -1.25. The van der Waals surface area contributed by atoms with Gasteiger partial charge >= 0.3 is 5.97 Å². The first-order valence-corrected chi connectivity index (χ1v) is 9.70. The van der Waals surface area contributed by atoms with Crippen LogP contribution < -0.4 is 4.72 Å². The van der Waals surface area contributed by atoms with Crippen molar-refractivity contribution in [1.82, 2.24) is 4.72 Å². The molecule has 0 bridgehead atoms. The molecule has 134 valence electrons. The van der Waals surface area contributed by atoms with Crippen LogP contribution in [0, 0.1) is 0 Å². The van der Waals surface area contributed by atoms with Gasteiger partial charge in [0.1, 0.15) is 6.04 Å². The van der Waals surface area contributed by atoms with Crippen LogP contribution in [0.1, 0.15) is 5.56 Å². The summed E-state index contributed by atoms with van der Waals surface area (Å²) in [6, 6.07) is 17.4. The zero-order valence-corrected chi connectivity index (χ0v) is 15.2. The third-order valence-electron chi connectivity index (χ3n) is 3.98. The van der Waals surface area contributed by atoms with Crippen LogP contribution in [0.15, 0.2) is 71.6 Å². The second kappa shape index (κ2) is 7.45. The SMILES string of the molecule is O=C(O)[C@@H](Cc1ccc(Cl)cc1)NS(=O)(=O)c1ccc2ccccc2c1. The van der Waals surface area contributed by atoms with Gasteiger partial charge in [0.25, 0.3) is 0 Å². The molecule has 3 aromatic carbocycles. The minimum Gasteiger partial charge on any atom is -0.480 e. The van der Waals surface area contributed by atoms with Gasteiger partial charge in [0.2, 0.25) is 10.0 Å². The normalized spacial score (nSPS) is 12.8. The second-order valence-corrected chi connectivity index (χ2v) is 8.00. The highest BCUT2D eigenvalue weighted by Crippen LogP contribution is 2.19. The van der Waals surface area contributed by atoms with Gasteiger partial charge < -0.3 is 5.11 Å².